The number of nitrogen functional groups attached to an aromatic ring is 1. The Labute approximate surface area is 236 Å². The van der Waals surface area contributed by atoms with E-state index in [-0.39, 0.29) is 0 Å². The van der Waals surface area contributed by atoms with Gasteiger partial charge >= 0.3 is 0 Å². The van der Waals surface area contributed by atoms with E-state index in [2.05, 4.69) is 57.2 Å². The number of hydrogen-bond donors (Lipinski definition) is 2. The molecule has 0 spiro atoms. The van der Waals surface area contributed by atoms with E-state index in [1.165, 1.54) is 39.0 Å². The number of pyridine rings is 1. The molecule has 2 aromatic heterocycles. The predicted molar refractivity (Wildman–Crippen MR) is 160 cm³/mol. The minimum Gasteiger partial charge on any atom is -0.495 e. The van der Waals surface area contributed by atoms with Gasteiger partial charge in [-0.15, -0.1) is 0 Å². The number of nitrogens with zero attached hydrogens (tertiary/aromatic N) is 6. The molecule has 0 unspecified atom stereocenters. The Balaban J connectivity index is 1.25. The second-order valence-electron chi connectivity index (χ2n) is 11.4. The largest absolute Gasteiger partial charge is 0.495 e. The third-order valence-electron chi connectivity index (χ3n) is 8.75. The zero-order valence-electron chi connectivity index (χ0n) is 24.0. The summed E-state index contributed by atoms with van der Waals surface area (Å²) in [4.78, 5) is 22.0. The lowest BCUT2D eigenvalue weighted by Crippen LogP contribution is -2.52. The van der Waals surface area contributed by atoms with E-state index in [9.17, 15) is 0 Å². The number of ether oxygens (including phenoxy) is 2. The molecule has 0 bridgehead atoms. The molecule has 0 amide bonds. The summed E-state index contributed by atoms with van der Waals surface area (Å²) in [7, 11) is 3.97. The Morgan fingerprint density at radius 2 is 1.82 bits per heavy atom. The molecular weight excluding hydrogens is 504 g/mol. The van der Waals surface area contributed by atoms with E-state index in [1.54, 1.807) is 13.3 Å². The van der Waals surface area contributed by atoms with Gasteiger partial charge < -0.3 is 30.3 Å². The lowest BCUT2D eigenvalue weighted by molar-refractivity contribution is -0.0248. The summed E-state index contributed by atoms with van der Waals surface area (Å²) in [6.45, 7) is 11.2. The van der Waals surface area contributed by atoms with Crippen molar-refractivity contribution in [1.82, 2.24) is 24.8 Å². The van der Waals surface area contributed by atoms with Crippen LogP contribution in [0.15, 0.2) is 24.4 Å². The van der Waals surface area contributed by atoms with Crippen molar-refractivity contribution in [3.05, 3.63) is 30.1 Å². The van der Waals surface area contributed by atoms with E-state index < -0.39 is 0 Å². The maximum Gasteiger partial charge on any atom is 0.151 e. The highest BCUT2D eigenvalue weighted by atomic mass is 16.5. The molecule has 40 heavy (non-hydrogen) atoms. The van der Waals surface area contributed by atoms with Crippen molar-refractivity contribution in [2.75, 3.05) is 89.1 Å². The summed E-state index contributed by atoms with van der Waals surface area (Å²) in [6, 6.07) is 7.10. The number of methoxy groups -OCH3 is 1. The van der Waals surface area contributed by atoms with Crippen molar-refractivity contribution in [3.8, 4) is 16.9 Å². The molecule has 1 aromatic carbocycles. The van der Waals surface area contributed by atoms with Crippen molar-refractivity contribution in [3.63, 3.8) is 0 Å². The van der Waals surface area contributed by atoms with Crippen molar-refractivity contribution < 1.29 is 9.47 Å². The van der Waals surface area contributed by atoms with Gasteiger partial charge in [0, 0.05) is 69.5 Å². The number of benzene rings is 1. The van der Waals surface area contributed by atoms with Gasteiger partial charge in [0.1, 0.15) is 22.6 Å². The highest BCUT2D eigenvalue weighted by molar-refractivity contribution is 5.97. The molecular formula is C30H42N8O2. The van der Waals surface area contributed by atoms with Crippen LogP contribution < -0.4 is 20.7 Å². The highest BCUT2D eigenvalue weighted by Crippen LogP contribution is 2.38. The van der Waals surface area contributed by atoms with Crippen LogP contribution in [0, 0.1) is 5.92 Å². The third kappa shape index (κ3) is 5.40. The molecule has 3 aliphatic rings. The molecule has 3 saturated heterocycles. The van der Waals surface area contributed by atoms with Crippen LogP contribution >= 0.6 is 0 Å². The van der Waals surface area contributed by atoms with Gasteiger partial charge in [-0.25, -0.2) is 15.0 Å². The summed E-state index contributed by atoms with van der Waals surface area (Å²) in [5.41, 5.74) is 11.6. The molecule has 3 aromatic rings. The normalized spacial score (nSPS) is 19.6. The number of piperidine rings is 1. The van der Waals surface area contributed by atoms with Crippen molar-refractivity contribution in [2.24, 2.45) is 5.92 Å². The summed E-state index contributed by atoms with van der Waals surface area (Å²) in [6.07, 6.45) is 4.92. The van der Waals surface area contributed by atoms with Crippen LogP contribution in [0.5, 0.6) is 5.75 Å². The Kier molecular flexibility index (Phi) is 7.91. The molecule has 0 aliphatic carbocycles. The minimum atomic E-state index is 0.395. The van der Waals surface area contributed by atoms with Gasteiger partial charge in [0.05, 0.1) is 31.7 Å². The number of aryl methyl sites for hydroxylation is 1. The fourth-order valence-electron chi connectivity index (χ4n) is 6.10. The number of hydrogen-bond acceptors (Lipinski definition) is 10. The Hall–Kier alpha value is -3.21. The zero-order chi connectivity index (χ0) is 27.6. The number of nitrogens with one attached hydrogen (secondary N) is 1. The average Bonchev–Trinajstić information content (AvgIpc) is 2.96. The van der Waals surface area contributed by atoms with Gasteiger partial charge in [-0.2, -0.15) is 0 Å². The molecule has 0 atom stereocenters. The first-order valence-corrected chi connectivity index (χ1v) is 14.7. The van der Waals surface area contributed by atoms with E-state index in [1.807, 2.05) is 0 Å². The van der Waals surface area contributed by atoms with Gasteiger partial charge in [0.2, 0.25) is 0 Å². The second kappa shape index (κ2) is 11.7. The Bertz CT molecular complexity index is 1330. The summed E-state index contributed by atoms with van der Waals surface area (Å²) < 4.78 is 11.3. The lowest BCUT2D eigenvalue weighted by Gasteiger charge is -2.42. The molecule has 10 nitrogen and oxygen atoms in total. The van der Waals surface area contributed by atoms with E-state index in [0.29, 0.717) is 23.3 Å². The van der Waals surface area contributed by atoms with Gasteiger partial charge in [-0.1, -0.05) is 13.0 Å². The van der Waals surface area contributed by atoms with Gasteiger partial charge in [-0.3, -0.25) is 4.90 Å². The summed E-state index contributed by atoms with van der Waals surface area (Å²) >= 11 is 0. The lowest BCUT2D eigenvalue weighted by atomic mass is 10.00. The molecule has 10 heteroatoms. The molecule has 3 N–H and O–H groups in total. The third-order valence-corrected chi connectivity index (χ3v) is 8.75. The van der Waals surface area contributed by atoms with Gasteiger partial charge in [-0.05, 0) is 44.0 Å². The summed E-state index contributed by atoms with van der Waals surface area (Å²) in [5, 5.41) is 3.51. The van der Waals surface area contributed by atoms with Gasteiger partial charge in [0.25, 0.3) is 0 Å². The fraction of sp³-hybridized carbons (Fsp3) is 0.567. The predicted octanol–water partition coefficient (Wildman–Crippen LogP) is 3.12. The van der Waals surface area contributed by atoms with Crippen LogP contribution in [0.1, 0.15) is 25.5 Å². The maximum atomic E-state index is 6.29. The van der Waals surface area contributed by atoms with Crippen LogP contribution in [-0.2, 0) is 11.2 Å². The van der Waals surface area contributed by atoms with E-state index in [4.69, 9.17) is 25.2 Å². The number of nitrogens with two attached hydrogens (primary N) is 1. The zero-order valence-corrected chi connectivity index (χ0v) is 24.0. The monoisotopic (exact) mass is 546 g/mol. The van der Waals surface area contributed by atoms with Crippen molar-refractivity contribution >= 4 is 28.4 Å². The smallest absolute Gasteiger partial charge is 0.151 e. The SMILES string of the molecule is CCc1nc2c(N)ncc(-c3ccc(N4CCC(N5CCN(C)CC5)CC4)c(OC)c3)c2nc1NCC1COC1. The molecule has 5 heterocycles. The molecule has 214 valence electrons. The molecule has 3 aliphatic heterocycles. The van der Waals surface area contributed by atoms with Crippen LogP contribution in [0.4, 0.5) is 17.3 Å². The summed E-state index contributed by atoms with van der Waals surface area (Å²) in [5.74, 6) is 2.57. The van der Waals surface area contributed by atoms with Crippen LogP contribution in [0.25, 0.3) is 22.2 Å². The van der Waals surface area contributed by atoms with Crippen molar-refractivity contribution in [1.29, 1.82) is 0 Å². The number of rotatable bonds is 8. The van der Waals surface area contributed by atoms with Crippen LogP contribution in [0.3, 0.4) is 0 Å². The van der Waals surface area contributed by atoms with E-state index in [0.717, 1.165) is 78.9 Å². The quantitative estimate of drug-likeness (QED) is 0.438. The maximum absolute atomic E-state index is 6.29. The average molecular weight is 547 g/mol. The first-order chi connectivity index (χ1) is 19.5. The Morgan fingerprint density at radius 3 is 2.50 bits per heavy atom. The topological polar surface area (TPSA) is 105 Å². The standard InChI is InChI=1S/C30H42N8O2/c1-4-24-30(33-16-20-18-40-19-20)35-27-23(17-32-29(31)28(27)34-24)21-5-6-25(26(15-21)39-3)38-9-7-22(8-10-38)37-13-11-36(2)12-14-37/h5-6,15,17,20,22H,4,7-14,16,18-19H2,1-3H3,(H2,31,32)(H,33,35). The van der Waals surface area contributed by atoms with Crippen molar-refractivity contribution in [2.45, 2.75) is 32.2 Å². The molecule has 6 rings (SSSR count). The highest BCUT2D eigenvalue weighted by Gasteiger charge is 2.28. The number of aromatic nitrogens is 3. The number of likely N-dealkylation sites (N-methyl/N-ethyl adjacent to an activating group) is 1. The fourth-order valence-corrected chi connectivity index (χ4v) is 6.10. The Morgan fingerprint density at radius 1 is 1.05 bits per heavy atom. The first kappa shape index (κ1) is 27.0. The second-order valence-corrected chi connectivity index (χ2v) is 11.4. The molecule has 3 fully saturated rings. The number of fused-ring (bicyclic) bond motifs is 1. The van der Waals surface area contributed by atoms with E-state index >= 15 is 0 Å². The molecule has 0 radical (unpaired) electrons. The van der Waals surface area contributed by atoms with Crippen LogP contribution in [0.2, 0.25) is 0 Å². The first-order valence-electron chi connectivity index (χ1n) is 14.7. The number of anilines is 3. The minimum absolute atomic E-state index is 0.395. The van der Waals surface area contributed by atoms with Crippen LogP contribution in [-0.4, -0.2) is 104 Å². The number of piperazine rings is 1. The molecule has 0 saturated carbocycles. The van der Waals surface area contributed by atoms with Gasteiger partial charge in [0.15, 0.2) is 5.82 Å².